The van der Waals surface area contributed by atoms with Crippen LogP contribution >= 0.6 is 0 Å². The van der Waals surface area contributed by atoms with E-state index in [2.05, 4.69) is 10.2 Å². The van der Waals surface area contributed by atoms with Crippen LogP contribution in [0.4, 0.5) is 5.69 Å². The quantitative estimate of drug-likeness (QED) is 0.613. The summed E-state index contributed by atoms with van der Waals surface area (Å²) >= 11 is 0. The van der Waals surface area contributed by atoms with E-state index in [4.69, 9.17) is 9.47 Å². The molecule has 0 spiro atoms. The van der Waals surface area contributed by atoms with Gasteiger partial charge in [-0.05, 0) is 6.07 Å². The maximum absolute atomic E-state index is 12.1. The minimum absolute atomic E-state index is 0.110. The molecule has 1 aliphatic heterocycles. The Bertz CT molecular complexity index is 543. The highest BCUT2D eigenvalue weighted by Gasteiger charge is 2.17. The Morgan fingerprint density at radius 3 is 2.82 bits per heavy atom. The van der Waals surface area contributed by atoms with Gasteiger partial charge in [0.05, 0.1) is 36.9 Å². The van der Waals surface area contributed by atoms with Crippen molar-refractivity contribution in [2.75, 3.05) is 46.5 Å². The van der Waals surface area contributed by atoms with E-state index in [1.165, 1.54) is 25.3 Å². The van der Waals surface area contributed by atoms with Gasteiger partial charge in [0.25, 0.3) is 11.6 Å². The first kappa shape index (κ1) is 16.2. The van der Waals surface area contributed by atoms with E-state index < -0.39 is 4.92 Å². The molecule has 8 nitrogen and oxygen atoms in total. The van der Waals surface area contributed by atoms with Crippen LogP contribution in [-0.2, 0) is 4.74 Å². The number of morpholine rings is 1. The number of nitrogens with one attached hydrogen (secondary N) is 1. The number of nitro benzene ring substituents is 1. The molecular formula is C14H19N3O5. The third-order valence-corrected chi connectivity index (χ3v) is 3.46. The SMILES string of the molecule is COc1cc([N+](=O)[O-])ccc1C(=O)NCCN1CCOCC1. The number of non-ortho nitro benzene ring substituents is 1. The van der Waals surface area contributed by atoms with Crippen LogP contribution < -0.4 is 10.1 Å². The van der Waals surface area contributed by atoms with Gasteiger partial charge in [-0.15, -0.1) is 0 Å². The number of carbonyl (C=O) groups is 1. The van der Waals surface area contributed by atoms with Gasteiger partial charge in [-0.1, -0.05) is 0 Å². The highest BCUT2D eigenvalue weighted by Crippen LogP contribution is 2.24. The number of carbonyl (C=O) groups excluding carboxylic acids is 1. The minimum atomic E-state index is -0.525. The molecule has 0 saturated carbocycles. The zero-order valence-electron chi connectivity index (χ0n) is 12.4. The van der Waals surface area contributed by atoms with Crippen molar-refractivity contribution in [3.63, 3.8) is 0 Å². The summed E-state index contributed by atoms with van der Waals surface area (Å²) in [6, 6.07) is 3.94. The lowest BCUT2D eigenvalue weighted by Gasteiger charge is -2.26. The second-order valence-corrected chi connectivity index (χ2v) is 4.85. The number of nitrogens with zero attached hydrogens (tertiary/aromatic N) is 2. The van der Waals surface area contributed by atoms with Crippen molar-refractivity contribution in [1.82, 2.24) is 10.2 Å². The summed E-state index contributed by atoms with van der Waals surface area (Å²) in [5.74, 6) is -0.113. The second-order valence-electron chi connectivity index (χ2n) is 4.85. The molecule has 0 atom stereocenters. The molecule has 0 radical (unpaired) electrons. The summed E-state index contributed by atoms with van der Waals surface area (Å²) < 4.78 is 10.3. The molecule has 120 valence electrons. The second kappa shape index (κ2) is 7.71. The molecule has 1 aliphatic rings. The number of ether oxygens (including phenoxy) is 2. The number of hydrogen-bond donors (Lipinski definition) is 1. The molecule has 1 fully saturated rings. The van der Waals surface area contributed by atoms with E-state index in [0.717, 1.165) is 19.6 Å². The van der Waals surface area contributed by atoms with Crippen LogP contribution in [0.1, 0.15) is 10.4 Å². The van der Waals surface area contributed by atoms with Crippen LogP contribution in [0.15, 0.2) is 18.2 Å². The lowest BCUT2D eigenvalue weighted by Crippen LogP contribution is -2.41. The fourth-order valence-corrected chi connectivity index (χ4v) is 2.23. The zero-order valence-corrected chi connectivity index (χ0v) is 12.4. The van der Waals surface area contributed by atoms with Gasteiger partial charge in [-0.2, -0.15) is 0 Å². The van der Waals surface area contributed by atoms with E-state index in [-0.39, 0.29) is 22.9 Å². The van der Waals surface area contributed by atoms with Crippen molar-refractivity contribution >= 4 is 11.6 Å². The van der Waals surface area contributed by atoms with Crippen LogP contribution in [0.25, 0.3) is 0 Å². The Morgan fingerprint density at radius 2 is 2.18 bits per heavy atom. The number of rotatable bonds is 6. The Kier molecular flexibility index (Phi) is 5.68. The maximum atomic E-state index is 12.1. The summed E-state index contributed by atoms with van der Waals surface area (Å²) in [6.07, 6.45) is 0. The molecule has 0 aliphatic carbocycles. The predicted octanol–water partition coefficient (Wildman–Crippen LogP) is 0.665. The molecule has 22 heavy (non-hydrogen) atoms. The highest BCUT2D eigenvalue weighted by molar-refractivity contribution is 5.97. The van der Waals surface area contributed by atoms with Crippen molar-refractivity contribution in [2.45, 2.75) is 0 Å². The van der Waals surface area contributed by atoms with Crippen molar-refractivity contribution < 1.29 is 19.2 Å². The van der Waals surface area contributed by atoms with Gasteiger partial charge in [0, 0.05) is 32.2 Å². The molecule has 0 unspecified atom stereocenters. The fourth-order valence-electron chi connectivity index (χ4n) is 2.23. The average Bonchev–Trinajstić information content (AvgIpc) is 2.55. The Balaban J connectivity index is 1.92. The lowest BCUT2D eigenvalue weighted by atomic mass is 10.1. The third-order valence-electron chi connectivity index (χ3n) is 3.46. The lowest BCUT2D eigenvalue weighted by molar-refractivity contribution is -0.384. The van der Waals surface area contributed by atoms with Gasteiger partial charge in [0.2, 0.25) is 0 Å². The van der Waals surface area contributed by atoms with Gasteiger partial charge in [-0.3, -0.25) is 19.8 Å². The van der Waals surface area contributed by atoms with E-state index in [0.29, 0.717) is 19.8 Å². The van der Waals surface area contributed by atoms with E-state index >= 15 is 0 Å². The van der Waals surface area contributed by atoms with Crippen molar-refractivity contribution in [3.05, 3.63) is 33.9 Å². The first-order chi connectivity index (χ1) is 10.6. The maximum Gasteiger partial charge on any atom is 0.273 e. The van der Waals surface area contributed by atoms with Crippen LogP contribution in [0.3, 0.4) is 0 Å². The van der Waals surface area contributed by atoms with Crippen molar-refractivity contribution in [3.8, 4) is 5.75 Å². The van der Waals surface area contributed by atoms with Crippen LogP contribution in [0.2, 0.25) is 0 Å². The Hall–Kier alpha value is -2.19. The van der Waals surface area contributed by atoms with Gasteiger partial charge in [0.15, 0.2) is 0 Å². The van der Waals surface area contributed by atoms with Crippen LogP contribution in [0, 0.1) is 10.1 Å². The molecular weight excluding hydrogens is 290 g/mol. The summed E-state index contributed by atoms with van der Waals surface area (Å²) in [5.41, 5.74) is 0.178. The molecule has 2 rings (SSSR count). The van der Waals surface area contributed by atoms with Gasteiger partial charge in [0.1, 0.15) is 5.75 Å². The number of benzene rings is 1. The molecule has 1 heterocycles. The molecule has 1 saturated heterocycles. The first-order valence-corrected chi connectivity index (χ1v) is 7.02. The summed E-state index contributed by atoms with van der Waals surface area (Å²) in [4.78, 5) is 24.6. The molecule has 1 aromatic carbocycles. The summed E-state index contributed by atoms with van der Waals surface area (Å²) in [7, 11) is 1.38. The number of methoxy groups -OCH3 is 1. The van der Waals surface area contributed by atoms with Gasteiger partial charge < -0.3 is 14.8 Å². The molecule has 0 aromatic heterocycles. The fraction of sp³-hybridized carbons (Fsp3) is 0.500. The smallest absolute Gasteiger partial charge is 0.273 e. The first-order valence-electron chi connectivity index (χ1n) is 7.02. The standard InChI is InChI=1S/C14H19N3O5/c1-21-13-10-11(17(19)20)2-3-12(13)14(18)15-4-5-16-6-8-22-9-7-16/h2-3,10H,4-9H2,1H3,(H,15,18). The highest BCUT2D eigenvalue weighted by atomic mass is 16.6. The van der Waals surface area contributed by atoms with Crippen LogP contribution in [0.5, 0.6) is 5.75 Å². The van der Waals surface area contributed by atoms with Crippen molar-refractivity contribution in [1.29, 1.82) is 0 Å². The van der Waals surface area contributed by atoms with Crippen LogP contribution in [-0.4, -0.2) is 62.2 Å². The Morgan fingerprint density at radius 1 is 1.45 bits per heavy atom. The Labute approximate surface area is 128 Å². The molecule has 8 heteroatoms. The molecule has 1 N–H and O–H groups in total. The van der Waals surface area contributed by atoms with E-state index in [1.54, 1.807) is 0 Å². The van der Waals surface area contributed by atoms with E-state index in [9.17, 15) is 14.9 Å². The normalized spacial score (nSPS) is 15.3. The monoisotopic (exact) mass is 309 g/mol. The number of nitro groups is 1. The van der Waals surface area contributed by atoms with E-state index in [1.807, 2.05) is 0 Å². The predicted molar refractivity (Wildman–Crippen MR) is 79.2 cm³/mol. The topological polar surface area (TPSA) is 93.9 Å². The number of amides is 1. The molecule has 1 aromatic rings. The number of hydrogen-bond acceptors (Lipinski definition) is 6. The van der Waals surface area contributed by atoms with Gasteiger partial charge >= 0.3 is 0 Å². The average molecular weight is 309 g/mol. The zero-order chi connectivity index (χ0) is 15.9. The third kappa shape index (κ3) is 4.15. The minimum Gasteiger partial charge on any atom is -0.496 e. The summed E-state index contributed by atoms with van der Waals surface area (Å²) in [5, 5.41) is 13.5. The van der Waals surface area contributed by atoms with Gasteiger partial charge in [-0.25, -0.2) is 0 Å². The van der Waals surface area contributed by atoms with Crippen molar-refractivity contribution in [2.24, 2.45) is 0 Å². The summed E-state index contributed by atoms with van der Waals surface area (Å²) in [6.45, 7) is 4.38. The molecule has 1 amide bonds. The largest absolute Gasteiger partial charge is 0.496 e. The molecule has 0 bridgehead atoms.